The fourth-order valence-corrected chi connectivity index (χ4v) is 8.84. The van der Waals surface area contributed by atoms with Crippen molar-refractivity contribution in [3.63, 3.8) is 0 Å². The second-order valence-electron chi connectivity index (χ2n) is 11.4. The van der Waals surface area contributed by atoms with Crippen LogP contribution in [0.5, 0.6) is 0 Å². The molecule has 0 aliphatic heterocycles. The lowest BCUT2D eigenvalue weighted by Crippen LogP contribution is -2.59. The molecule has 4 saturated carbocycles. The highest BCUT2D eigenvalue weighted by Crippen LogP contribution is 2.68. The predicted octanol–water partition coefficient (Wildman–Crippen LogP) is 4.50. The average Bonchev–Trinajstić information content (AvgIpc) is 2.97. The number of hydrogen-bond donors (Lipinski definition) is 1. The molecule has 0 saturated heterocycles. The topological polar surface area (TPSA) is 72.8 Å². The van der Waals surface area contributed by atoms with Gasteiger partial charge < -0.3 is 14.6 Å². The van der Waals surface area contributed by atoms with E-state index in [4.69, 9.17) is 9.47 Å². The number of hydrogen-bond acceptors (Lipinski definition) is 5. The summed E-state index contributed by atoms with van der Waals surface area (Å²) in [7, 11) is 0. The minimum Gasteiger partial charge on any atom is -0.463 e. The quantitative estimate of drug-likeness (QED) is 0.681. The summed E-state index contributed by atoms with van der Waals surface area (Å²) in [5.41, 5.74) is 0.160. The van der Waals surface area contributed by atoms with Gasteiger partial charge in [-0.05, 0) is 92.8 Å². The molecule has 0 aromatic carbocycles. The van der Waals surface area contributed by atoms with Crippen LogP contribution in [0.25, 0.3) is 0 Å². The Morgan fingerprint density at radius 3 is 2.40 bits per heavy atom. The second kappa shape index (κ2) is 7.79. The van der Waals surface area contributed by atoms with Crippen LogP contribution < -0.4 is 0 Å². The van der Waals surface area contributed by atoms with Gasteiger partial charge in [-0.15, -0.1) is 0 Å². The van der Waals surface area contributed by atoms with E-state index in [2.05, 4.69) is 13.8 Å². The normalized spacial score (nSPS) is 48.7. The molecule has 0 bridgehead atoms. The van der Waals surface area contributed by atoms with Gasteiger partial charge in [0.1, 0.15) is 12.2 Å². The minimum atomic E-state index is -0.306. The van der Waals surface area contributed by atoms with E-state index in [1.807, 2.05) is 6.92 Å². The Bertz CT molecular complexity index is 691. The number of fused-ring (bicyclic) bond motifs is 5. The van der Waals surface area contributed by atoms with E-state index >= 15 is 0 Å². The summed E-state index contributed by atoms with van der Waals surface area (Å²) < 4.78 is 11.2. The Labute approximate surface area is 181 Å². The Morgan fingerprint density at radius 2 is 1.73 bits per heavy atom. The van der Waals surface area contributed by atoms with Crippen LogP contribution in [-0.2, 0) is 19.1 Å². The van der Waals surface area contributed by atoms with E-state index in [0.717, 1.165) is 38.5 Å². The van der Waals surface area contributed by atoms with E-state index in [1.165, 1.54) is 26.7 Å². The van der Waals surface area contributed by atoms with E-state index in [-0.39, 0.29) is 41.1 Å². The number of ether oxygens (including phenoxy) is 2. The van der Waals surface area contributed by atoms with Crippen molar-refractivity contribution in [3.05, 3.63) is 0 Å². The zero-order valence-electron chi connectivity index (χ0n) is 19.4. The van der Waals surface area contributed by atoms with Gasteiger partial charge in [0.15, 0.2) is 0 Å². The molecule has 4 aliphatic carbocycles. The number of rotatable bonds is 3. The van der Waals surface area contributed by atoms with Crippen molar-refractivity contribution in [3.8, 4) is 0 Å². The van der Waals surface area contributed by atoms with Gasteiger partial charge in [-0.3, -0.25) is 9.59 Å². The first kappa shape index (κ1) is 22.1. The number of carbonyl (C=O) groups is 2. The molecule has 4 aliphatic rings. The highest BCUT2D eigenvalue weighted by Gasteiger charge is 2.63. The predicted molar refractivity (Wildman–Crippen MR) is 113 cm³/mol. The molecular weight excluding hydrogens is 380 g/mol. The van der Waals surface area contributed by atoms with E-state index < -0.39 is 0 Å². The molecule has 0 aromatic rings. The van der Waals surface area contributed by atoms with Crippen LogP contribution in [0, 0.1) is 40.4 Å². The van der Waals surface area contributed by atoms with E-state index in [1.54, 1.807) is 0 Å². The highest BCUT2D eigenvalue weighted by atomic mass is 16.5. The minimum absolute atomic E-state index is 0.0353. The van der Waals surface area contributed by atoms with Crippen molar-refractivity contribution >= 4 is 11.9 Å². The number of aliphatic hydroxyl groups excluding tert-OH is 1. The van der Waals surface area contributed by atoms with Gasteiger partial charge in [0.2, 0.25) is 0 Å². The molecule has 0 spiro atoms. The number of aliphatic hydroxyl groups is 1. The number of carbonyl (C=O) groups excluding carboxylic acids is 2. The SMILES string of the molecule is CC(=O)OC(C)[C@H]1CC[C@H]2[C@@H]3CC[C@H]4C[C@@H](OC(C)=O)CC[C@]4(C)[C@H]3[C@H](O)C[C@]12C. The van der Waals surface area contributed by atoms with Crippen LogP contribution in [-0.4, -0.2) is 35.4 Å². The summed E-state index contributed by atoms with van der Waals surface area (Å²) in [5.74, 6) is 1.93. The van der Waals surface area contributed by atoms with Crippen molar-refractivity contribution < 1.29 is 24.2 Å². The van der Waals surface area contributed by atoms with Crippen LogP contribution in [0.15, 0.2) is 0 Å². The molecule has 5 heteroatoms. The zero-order valence-corrected chi connectivity index (χ0v) is 19.4. The molecule has 0 radical (unpaired) electrons. The van der Waals surface area contributed by atoms with E-state index in [9.17, 15) is 14.7 Å². The fraction of sp³-hybridized carbons (Fsp3) is 0.920. The van der Waals surface area contributed by atoms with Crippen molar-refractivity contribution in [2.45, 2.75) is 104 Å². The molecule has 170 valence electrons. The van der Waals surface area contributed by atoms with Crippen LogP contribution in [0.3, 0.4) is 0 Å². The third kappa shape index (κ3) is 3.49. The van der Waals surface area contributed by atoms with Crippen LogP contribution in [0.1, 0.15) is 86.0 Å². The first-order chi connectivity index (χ1) is 14.1. The third-order valence-electron chi connectivity index (χ3n) is 9.87. The van der Waals surface area contributed by atoms with Crippen LogP contribution in [0.4, 0.5) is 0 Å². The molecule has 0 amide bonds. The largest absolute Gasteiger partial charge is 0.463 e. The summed E-state index contributed by atoms with van der Waals surface area (Å²) in [6.07, 6.45) is 7.93. The molecule has 0 heterocycles. The highest BCUT2D eigenvalue weighted by molar-refractivity contribution is 5.66. The molecule has 1 N–H and O–H groups in total. The zero-order chi connectivity index (χ0) is 21.8. The summed E-state index contributed by atoms with van der Waals surface area (Å²) in [6, 6.07) is 0. The van der Waals surface area contributed by atoms with Gasteiger partial charge in [-0.25, -0.2) is 0 Å². The van der Waals surface area contributed by atoms with Crippen molar-refractivity contribution in [1.29, 1.82) is 0 Å². The first-order valence-corrected chi connectivity index (χ1v) is 12.1. The van der Waals surface area contributed by atoms with E-state index in [0.29, 0.717) is 29.6 Å². The summed E-state index contributed by atoms with van der Waals surface area (Å²) in [6.45, 7) is 9.78. The Balaban J connectivity index is 1.55. The molecule has 5 nitrogen and oxygen atoms in total. The van der Waals surface area contributed by atoms with Crippen molar-refractivity contribution in [2.24, 2.45) is 40.4 Å². The molecule has 4 fully saturated rings. The maximum atomic E-state index is 11.6. The van der Waals surface area contributed by atoms with Gasteiger partial charge in [0, 0.05) is 19.8 Å². The van der Waals surface area contributed by atoms with Crippen molar-refractivity contribution in [2.75, 3.05) is 0 Å². The summed E-state index contributed by atoms with van der Waals surface area (Å²) >= 11 is 0. The van der Waals surface area contributed by atoms with Crippen LogP contribution >= 0.6 is 0 Å². The Morgan fingerprint density at radius 1 is 1.00 bits per heavy atom. The molecule has 30 heavy (non-hydrogen) atoms. The monoisotopic (exact) mass is 420 g/mol. The van der Waals surface area contributed by atoms with Gasteiger partial charge in [-0.1, -0.05) is 13.8 Å². The van der Waals surface area contributed by atoms with Gasteiger partial charge in [-0.2, -0.15) is 0 Å². The molecular formula is C25H40O5. The van der Waals surface area contributed by atoms with Crippen molar-refractivity contribution in [1.82, 2.24) is 0 Å². The second-order valence-corrected chi connectivity index (χ2v) is 11.4. The Hall–Kier alpha value is -1.10. The Kier molecular flexibility index (Phi) is 5.74. The lowest BCUT2D eigenvalue weighted by Gasteiger charge is -2.62. The maximum Gasteiger partial charge on any atom is 0.302 e. The van der Waals surface area contributed by atoms with Crippen LogP contribution in [0.2, 0.25) is 0 Å². The maximum absolute atomic E-state index is 11.6. The van der Waals surface area contributed by atoms with Gasteiger partial charge in [0.25, 0.3) is 0 Å². The molecule has 0 aromatic heterocycles. The lowest BCUT2D eigenvalue weighted by molar-refractivity contribution is -0.189. The summed E-state index contributed by atoms with van der Waals surface area (Å²) in [4.78, 5) is 23.0. The molecule has 1 unspecified atom stereocenters. The fourth-order valence-electron chi connectivity index (χ4n) is 8.84. The first-order valence-electron chi connectivity index (χ1n) is 12.1. The average molecular weight is 421 g/mol. The number of esters is 2. The third-order valence-corrected chi connectivity index (χ3v) is 9.87. The lowest BCUT2D eigenvalue weighted by atomic mass is 9.44. The standard InChI is InChI=1S/C25H40O5/c1-14(29-15(2)26)20-8-9-21-19-7-6-17-12-18(30-16(3)27)10-11-24(17,4)23(19)22(28)13-25(20,21)5/h14,17-23,28H,6-13H2,1-5H3/t14?,17-,18-,19-,20+,21-,22+,23+,24-,25+/m0/s1. The molecule has 4 rings (SSSR count). The summed E-state index contributed by atoms with van der Waals surface area (Å²) in [5, 5.41) is 11.5. The smallest absolute Gasteiger partial charge is 0.302 e. The van der Waals surface area contributed by atoms with Gasteiger partial charge in [0.05, 0.1) is 6.10 Å². The molecule has 10 atom stereocenters. The van der Waals surface area contributed by atoms with Gasteiger partial charge >= 0.3 is 11.9 Å².